The van der Waals surface area contributed by atoms with Crippen molar-refractivity contribution in [2.75, 3.05) is 18.4 Å². The molecular weight excluding hydrogens is 347 g/mol. The van der Waals surface area contributed by atoms with Crippen LogP contribution in [-0.2, 0) is 9.59 Å². The summed E-state index contributed by atoms with van der Waals surface area (Å²) < 4.78 is 0.981. The van der Waals surface area contributed by atoms with Gasteiger partial charge in [-0.3, -0.25) is 9.59 Å². The van der Waals surface area contributed by atoms with Gasteiger partial charge in [0.2, 0.25) is 5.91 Å². The Balaban J connectivity index is 2.22. The molecule has 18 heavy (non-hydrogen) atoms. The van der Waals surface area contributed by atoms with Gasteiger partial charge in [-0.1, -0.05) is 12.1 Å². The van der Waals surface area contributed by atoms with Crippen LogP contribution in [0.15, 0.2) is 24.3 Å². The van der Waals surface area contributed by atoms with E-state index in [1.54, 1.807) is 0 Å². The van der Waals surface area contributed by atoms with Crippen LogP contribution in [0.3, 0.4) is 0 Å². The molecule has 0 radical (unpaired) electrons. The largest absolute Gasteiger partial charge is 0.481 e. The fourth-order valence-electron chi connectivity index (χ4n) is 1.32. The summed E-state index contributed by atoms with van der Waals surface area (Å²) in [6.07, 6.45) is 0.636. The second-order valence-corrected chi connectivity index (χ2v) is 4.86. The normalized spacial score (nSPS) is 10.1. The molecule has 0 saturated carbocycles. The van der Waals surface area contributed by atoms with Gasteiger partial charge in [-0.2, -0.15) is 0 Å². The van der Waals surface area contributed by atoms with Crippen molar-refractivity contribution in [3.05, 3.63) is 27.8 Å². The predicted octanol–water partition coefficient (Wildman–Crippen LogP) is 1.68. The standard InChI is InChI=1S/C12H15IN2O3/c13-9-4-1-2-5-10(9)15-11(16)8-14-7-3-6-12(17)18/h1-2,4-5,14H,3,6-8H2,(H,15,16)(H,17,18). The molecule has 0 aliphatic heterocycles. The minimum absolute atomic E-state index is 0.116. The van der Waals surface area contributed by atoms with E-state index in [4.69, 9.17) is 5.11 Å². The van der Waals surface area contributed by atoms with Crippen LogP contribution >= 0.6 is 22.6 Å². The molecule has 0 fully saturated rings. The first-order valence-electron chi connectivity index (χ1n) is 5.56. The Kier molecular flexibility index (Phi) is 6.66. The second-order valence-electron chi connectivity index (χ2n) is 3.70. The maximum Gasteiger partial charge on any atom is 0.303 e. The lowest BCUT2D eigenvalue weighted by Crippen LogP contribution is -2.29. The van der Waals surface area contributed by atoms with Crippen LogP contribution in [0, 0.1) is 3.57 Å². The van der Waals surface area contributed by atoms with E-state index in [2.05, 4.69) is 33.2 Å². The van der Waals surface area contributed by atoms with Crippen molar-refractivity contribution in [1.29, 1.82) is 0 Å². The van der Waals surface area contributed by atoms with Gasteiger partial charge in [0.15, 0.2) is 0 Å². The number of amides is 1. The summed E-state index contributed by atoms with van der Waals surface area (Å²) in [5, 5.41) is 14.1. The zero-order valence-corrected chi connectivity index (χ0v) is 11.9. The van der Waals surface area contributed by atoms with Gasteiger partial charge >= 0.3 is 5.97 Å². The van der Waals surface area contributed by atoms with Gasteiger partial charge in [0, 0.05) is 9.99 Å². The SMILES string of the molecule is O=C(O)CCCNCC(=O)Nc1ccccc1I. The lowest BCUT2D eigenvalue weighted by Gasteiger charge is -2.07. The summed E-state index contributed by atoms with van der Waals surface area (Å²) in [5.41, 5.74) is 0.787. The molecule has 0 bridgehead atoms. The highest BCUT2D eigenvalue weighted by Crippen LogP contribution is 2.16. The van der Waals surface area contributed by atoms with Gasteiger partial charge in [0.25, 0.3) is 0 Å². The maximum atomic E-state index is 11.6. The van der Waals surface area contributed by atoms with Gasteiger partial charge in [-0.05, 0) is 47.7 Å². The van der Waals surface area contributed by atoms with Crippen molar-refractivity contribution < 1.29 is 14.7 Å². The number of carbonyl (C=O) groups excluding carboxylic acids is 1. The third kappa shape index (κ3) is 5.97. The molecule has 0 aliphatic carbocycles. The van der Waals surface area contributed by atoms with E-state index >= 15 is 0 Å². The number of carbonyl (C=O) groups is 2. The Bertz CT molecular complexity index is 424. The second kappa shape index (κ2) is 8.04. The third-order valence-corrected chi connectivity index (χ3v) is 3.12. The lowest BCUT2D eigenvalue weighted by molar-refractivity contribution is -0.137. The average molecular weight is 362 g/mol. The quantitative estimate of drug-likeness (QED) is 0.510. The minimum atomic E-state index is -0.819. The molecule has 3 N–H and O–H groups in total. The number of benzene rings is 1. The molecule has 5 nitrogen and oxygen atoms in total. The first-order chi connectivity index (χ1) is 8.59. The van der Waals surface area contributed by atoms with Gasteiger partial charge in [-0.15, -0.1) is 0 Å². The number of anilines is 1. The molecule has 1 aromatic carbocycles. The van der Waals surface area contributed by atoms with Crippen LogP contribution in [-0.4, -0.2) is 30.1 Å². The van der Waals surface area contributed by atoms with E-state index in [-0.39, 0.29) is 18.9 Å². The molecular formula is C12H15IN2O3. The Morgan fingerprint density at radius 1 is 1.28 bits per heavy atom. The number of para-hydroxylation sites is 1. The number of hydrogen-bond donors (Lipinski definition) is 3. The summed E-state index contributed by atoms with van der Waals surface area (Å²) in [6.45, 7) is 0.705. The summed E-state index contributed by atoms with van der Waals surface area (Å²) in [7, 11) is 0. The van der Waals surface area contributed by atoms with Crippen LogP contribution in [0.2, 0.25) is 0 Å². The van der Waals surface area contributed by atoms with Crippen LogP contribution in [0.25, 0.3) is 0 Å². The van der Waals surface area contributed by atoms with Crippen LogP contribution in [0.5, 0.6) is 0 Å². The molecule has 0 aromatic heterocycles. The van der Waals surface area contributed by atoms with Crippen molar-refractivity contribution in [2.24, 2.45) is 0 Å². The lowest BCUT2D eigenvalue weighted by atomic mass is 10.3. The van der Waals surface area contributed by atoms with Crippen molar-refractivity contribution in [1.82, 2.24) is 5.32 Å². The van der Waals surface area contributed by atoms with E-state index in [1.165, 1.54) is 0 Å². The van der Waals surface area contributed by atoms with Gasteiger partial charge < -0.3 is 15.7 Å². The average Bonchev–Trinajstić information content (AvgIpc) is 2.31. The molecule has 0 spiro atoms. The first-order valence-corrected chi connectivity index (χ1v) is 6.64. The summed E-state index contributed by atoms with van der Waals surface area (Å²) in [4.78, 5) is 21.8. The number of carboxylic acids is 1. The van der Waals surface area contributed by atoms with E-state index in [0.717, 1.165) is 9.26 Å². The van der Waals surface area contributed by atoms with Crippen LogP contribution in [0.4, 0.5) is 5.69 Å². The van der Waals surface area contributed by atoms with Gasteiger partial charge in [0.1, 0.15) is 0 Å². The molecule has 1 aromatic rings. The van der Waals surface area contributed by atoms with Crippen molar-refractivity contribution in [2.45, 2.75) is 12.8 Å². The summed E-state index contributed by atoms with van der Waals surface area (Å²) >= 11 is 2.15. The maximum absolute atomic E-state index is 11.6. The minimum Gasteiger partial charge on any atom is -0.481 e. The molecule has 0 aliphatic rings. The molecule has 0 saturated heterocycles. The number of halogens is 1. The molecule has 0 atom stereocenters. The Morgan fingerprint density at radius 2 is 2.00 bits per heavy atom. The van der Waals surface area contributed by atoms with E-state index in [1.807, 2.05) is 24.3 Å². The van der Waals surface area contributed by atoms with E-state index in [0.29, 0.717) is 13.0 Å². The van der Waals surface area contributed by atoms with Gasteiger partial charge in [-0.25, -0.2) is 0 Å². The Hall–Kier alpha value is -1.15. The number of hydrogen-bond acceptors (Lipinski definition) is 3. The highest BCUT2D eigenvalue weighted by molar-refractivity contribution is 14.1. The first kappa shape index (κ1) is 14.9. The number of nitrogens with one attached hydrogen (secondary N) is 2. The van der Waals surface area contributed by atoms with Gasteiger partial charge in [0.05, 0.1) is 12.2 Å². The molecule has 98 valence electrons. The summed E-state index contributed by atoms with van der Waals surface area (Å²) in [6, 6.07) is 7.51. The molecule has 1 amide bonds. The zero-order valence-electron chi connectivity index (χ0n) is 9.78. The predicted molar refractivity (Wildman–Crippen MR) is 77.5 cm³/mol. The third-order valence-electron chi connectivity index (χ3n) is 2.18. The molecule has 0 heterocycles. The highest BCUT2D eigenvalue weighted by atomic mass is 127. The number of carboxylic acid groups (broad SMARTS) is 1. The summed E-state index contributed by atoms with van der Waals surface area (Å²) in [5.74, 6) is -0.950. The molecule has 0 unspecified atom stereocenters. The van der Waals surface area contributed by atoms with E-state index in [9.17, 15) is 9.59 Å². The van der Waals surface area contributed by atoms with Crippen molar-refractivity contribution in [3.8, 4) is 0 Å². The fourth-order valence-corrected chi connectivity index (χ4v) is 1.85. The van der Waals surface area contributed by atoms with Crippen molar-refractivity contribution in [3.63, 3.8) is 0 Å². The smallest absolute Gasteiger partial charge is 0.303 e. The van der Waals surface area contributed by atoms with Crippen LogP contribution in [0.1, 0.15) is 12.8 Å². The zero-order chi connectivity index (χ0) is 13.4. The topological polar surface area (TPSA) is 78.4 Å². The Morgan fingerprint density at radius 3 is 2.67 bits per heavy atom. The van der Waals surface area contributed by atoms with E-state index < -0.39 is 5.97 Å². The molecule has 1 rings (SSSR count). The van der Waals surface area contributed by atoms with Crippen molar-refractivity contribution >= 4 is 40.2 Å². The number of aliphatic carboxylic acids is 1. The monoisotopic (exact) mass is 362 g/mol. The number of rotatable bonds is 7. The Labute approximate surface area is 119 Å². The van der Waals surface area contributed by atoms with Crippen LogP contribution < -0.4 is 10.6 Å². The molecule has 6 heteroatoms. The highest BCUT2D eigenvalue weighted by Gasteiger charge is 2.04. The fraction of sp³-hybridized carbons (Fsp3) is 0.333.